The number of ether oxygens (including phenoxy) is 1. The lowest BCUT2D eigenvalue weighted by Gasteiger charge is -2.29. The monoisotopic (exact) mass is 349 g/mol. The molecule has 5 heteroatoms. The van der Waals surface area contributed by atoms with E-state index in [2.05, 4.69) is 9.97 Å². The normalized spacial score (nSPS) is 11.2. The summed E-state index contributed by atoms with van der Waals surface area (Å²) in [5, 5.41) is 0. The van der Waals surface area contributed by atoms with E-state index in [9.17, 15) is 4.79 Å². The Kier molecular flexibility index (Phi) is 5.16. The number of hydrogen-bond donors (Lipinski definition) is 0. The van der Waals surface area contributed by atoms with Crippen molar-refractivity contribution >= 4 is 17.1 Å². The van der Waals surface area contributed by atoms with Gasteiger partial charge < -0.3 is 9.64 Å². The first-order valence-electron chi connectivity index (χ1n) is 8.79. The molecule has 0 N–H and O–H groups in total. The molecule has 0 bridgehead atoms. The van der Waals surface area contributed by atoms with Crippen molar-refractivity contribution < 1.29 is 9.53 Å². The summed E-state index contributed by atoms with van der Waals surface area (Å²) >= 11 is 0. The zero-order valence-corrected chi connectivity index (χ0v) is 15.5. The summed E-state index contributed by atoms with van der Waals surface area (Å²) in [5.74, 6) is 0.228. The molecule has 0 atom stereocenters. The van der Waals surface area contributed by atoms with Crippen molar-refractivity contribution in [3.05, 3.63) is 54.6 Å². The maximum absolute atomic E-state index is 12.8. The zero-order chi connectivity index (χ0) is 18.7. The lowest BCUT2D eigenvalue weighted by Crippen LogP contribution is -2.43. The average molecular weight is 349 g/mol. The van der Waals surface area contributed by atoms with Crippen LogP contribution in [0.5, 0.6) is 5.88 Å². The Morgan fingerprint density at radius 1 is 0.846 bits per heavy atom. The zero-order valence-electron chi connectivity index (χ0n) is 15.5. The van der Waals surface area contributed by atoms with Crippen LogP contribution in [-0.4, -0.2) is 33.0 Å². The Hall–Kier alpha value is -2.95. The highest BCUT2D eigenvalue weighted by molar-refractivity contribution is 5.81. The van der Waals surface area contributed by atoms with Crippen LogP contribution in [0, 0.1) is 0 Å². The topological polar surface area (TPSA) is 55.3 Å². The number of benzene rings is 2. The SMILES string of the molecule is CC(C)N(C(=O)Oc1nc2ccccc2nc1-c1ccccc1)C(C)C. The third-order valence-electron chi connectivity index (χ3n) is 4.09. The standard InChI is InChI=1S/C21H23N3O2/c1-14(2)24(15(3)4)21(25)26-20-19(16-10-6-5-7-11-16)22-17-12-8-9-13-18(17)23-20/h5-15H,1-4H3. The third kappa shape index (κ3) is 3.67. The van der Waals surface area contributed by atoms with Gasteiger partial charge in [-0.05, 0) is 39.8 Å². The maximum atomic E-state index is 12.8. The first-order chi connectivity index (χ1) is 12.5. The quantitative estimate of drug-likeness (QED) is 0.671. The van der Waals surface area contributed by atoms with Gasteiger partial charge in [0.25, 0.3) is 5.88 Å². The van der Waals surface area contributed by atoms with E-state index in [1.165, 1.54) is 0 Å². The number of aromatic nitrogens is 2. The predicted molar refractivity (Wildman–Crippen MR) is 103 cm³/mol. The van der Waals surface area contributed by atoms with Gasteiger partial charge in [0.2, 0.25) is 0 Å². The second kappa shape index (κ2) is 7.52. The van der Waals surface area contributed by atoms with Crippen LogP contribution < -0.4 is 4.74 Å². The van der Waals surface area contributed by atoms with Crippen molar-refractivity contribution in [3.8, 4) is 17.1 Å². The van der Waals surface area contributed by atoms with Gasteiger partial charge in [-0.2, -0.15) is 0 Å². The smallest absolute Gasteiger partial charge is 0.389 e. The van der Waals surface area contributed by atoms with E-state index in [0.717, 1.165) is 11.1 Å². The van der Waals surface area contributed by atoms with Crippen molar-refractivity contribution in [1.82, 2.24) is 14.9 Å². The molecule has 2 aromatic carbocycles. The highest BCUT2D eigenvalue weighted by atomic mass is 16.6. The summed E-state index contributed by atoms with van der Waals surface area (Å²) in [7, 11) is 0. The molecule has 0 aliphatic carbocycles. The summed E-state index contributed by atoms with van der Waals surface area (Å²) < 4.78 is 5.71. The van der Waals surface area contributed by atoms with E-state index in [4.69, 9.17) is 4.74 Å². The van der Waals surface area contributed by atoms with Crippen LogP contribution in [0.25, 0.3) is 22.3 Å². The lowest BCUT2D eigenvalue weighted by atomic mass is 10.1. The summed E-state index contributed by atoms with van der Waals surface area (Å²) in [5.41, 5.74) is 2.87. The number of amides is 1. The molecule has 0 saturated heterocycles. The van der Waals surface area contributed by atoms with E-state index in [0.29, 0.717) is 11.2 Å². The van der Waals surface area contributed by atoms with Crippen molar-refractivity contribution in [1.29, 1.82) is 0 Å². The molecule has 0 aliphatic rings. The molecule has 3 rings (SSSR count). The van der Waals surface area contributed by atoms with Gasteiger partial charge >= 0.3 is 6.09 Å². The first kappa shape index (κ1) is 17.9. The fourth-order valence-corrected chi connectivity index (χ4v) is 2.99. The first-order valence-corrected chi connectivity index (χ1v) is 8.79. The number of nitrogens with zero attached hydrogens (tertiary/aromatic N) is 3. The van der Waals surface area contributed by atoms with Crippen LogP contribution in [0.3, 0.4) is 0 Å². The van der Waals surface area contributed by atoms with Gasteiger partial charge in [0.05, 0.1) is 11.0 Å². The van der Waals surface area contributed by atoms with E-state index >= 15 is 0 Å². The molecular formula is C21H23N3O2. The Morgan fingerprint density at radius 3 is 1.96 bits per heavy atom. The number of carbonyl (C=O) groups excluding carboxylic acids is 1. The second-order valence-electron chi connectivity index (χ2n) is 6.69. The molecule has 1 heterocycles. The van der Waals surface area contributed by atoms with E-state index < -0.39 is 6.09 Å². The van der Waals surface area contributed by atoms with Crippen LogP contribution >= 0.6 is 0 Å². The maximum Gasteiger partial charge on any atom is 0.417 e. The van der Waals surface area contributed by atoms with Crippen LogP contribution in [-0.2, 0) is 0 Å². The number of carbonyl (C=O) groups is 1. The summed E-state index contributed by atoms with van der Waals surface area (Å²) in [6.07, 6.45) is -0.420. The predicted octanol–water partition coefficient (Wildman–Crippen LogP) is 4.91. The third-order valence-corrected chi connectivity index (χ3v) is 4.09. The Balaban J connectivity index is 2.07. The van der Waals surface area contributed by atoms with Gasteiger partial charge in [-0.25, -0.2) is 14.8 Å². The minimum Gasteiger partial charge on any atom is -0.389 e. The molecule has 1 aromatic heterocycles. The minimum absolute atomic E-state index is 0.0242. The van der Waals surface area contributed by atoms with Gasteiger partial charge in [-0.3, -0.25) is 0 Å². The van der Waals surface area contributed by atoms with Gasteiger partial charge in [0.1, 0.15) is 5.69 Å². The molecule has 0 aliphatic heterocycles. The van der Waals surface area contributed by atoms with Crippen molar-refractivity contribution in [3.63, 3.8) is 0 Å². The van der Waals surface area contributed by atoms with E-state index in [-0.39, 0.29) is 18.0 Å². The van der Waals surface area contributed by atoms with Crippen molar-refractivity contribution in [2.24, 2.45) is 0 Å². The summed E-state index contributed by atoms with van der Waals surface area (Å²) in [6, 6.07) is 17.2. The highest BCUT2D eigenvalue weighted by Crippen LogP contribution is 2.29. The van der Waals surface area contributed by atoms with Crippen LogP contribution in [0.1, 0.15) is 27.7 Å². The van der Waals surface area contributed by atoms with Crippen LogP contribution in [0.15, 0.2) is 54.6 Å². The van der Waals surface area contributed by atoms with Gasteiger partial charge in [0.15, 0.2) is 0 Å². The second-order valence-corrected chi connectivity index (χ2v) is 6.69. The molecule has 26 heavy (non-hydrogen) atoms. The van der Waals surface area contributed by atoms with Gasteiger partial charge in [0, 0.05) is 17.6 Å². The molecule has 0 radical (unpaired) electrons. The fourth-order valence-electron chi connectivity index (χ4n) is 2.99. The van der Waals surface area contributed by atoms with Gasteiger partial charge in [-0.1, -0.05) is 42.5 Å². The average Bonchev–Trinajstić information content (AvgIpc) is 2.61. The van der Waals surface area contributed by atoms with Crippen molar-refractivity contribution in [2.45, 2.75) is 39.8 Å². The lowest BCUT2D eigenvalue weighted by molar-refractivity contribution is 0.121. The molecule has 3 aromatic rings. The molecular weight excluding hydrogens is 326 g/mol. The molecule has 5 nitrogen and oxygen atoms in total. The number of fused-ring (bicyclic) bond motifs is 1. The summed E-state index contributed by atoms with van der Waals surface area (Å²) in [4.78, 5) is 23.7. The molecule has 1 amide bonds. The van der Waals surface area contributed by atoms with E-state index in [1.807, 2.05) is 82.3 Å². The minimum atomic E-state index is -0.420. The molecule has 0 fully saturated rings. The molecule has 0 saturated carbocycles. The number of rotatable bonds is 4. The van der Waals surface area contributed by atoms with Crippen molar-refractivity contribution in [2.75, 3.05) is 0 Å². The Bertz CT molecular complexity index is 900. The number of hydrogen-bond acceptors (Lipinski definition) is 4. The Morgan fingerprint density at radius 2 is 1.38 bits per heavy atom. The Labute approximate surface area is 153 Å². The molecule has 0 spiro atoms. The van der Waals surface area contributed by atoms with Gasteiger partial charge in [-0.15, -0.1) is 0 Å². The fraction of sp³-hybridized carbons (Fsp3) is 0.286. The molecule has 0 unspecified atom stereocenters. The van der Waals surface area contributed by atoms with Crippen LogP contribution in [0.2, 0.25) is 0 Å². The number of para-hydroxylation sites is 2. The summed E-state index contributed by atoms with van der Waals surface area (Å²) in [6.45, 7) is 7.85. The van der Waals surface area contributed by atoms with E-state index in [1.54, 1.807) is 4.90 Å². The molecule has 134 valence electrons. The largest absolute Gasteiger partial charge is 0.417 e. The highest BCUT2D eigenvalue weighted by Gasteiger charge is 2.24. The van der Waals surface area contributed by atoms with Crippen LogP contribution in [0.4, 0.5) is 4.79 Å².